The van der Waals surface area contributed by atoms with Gasteiger partial charge in [0.25, 0.3) is 0 Å². The zero-order chi connectivity index (χ0) is 16.1. The molecule has 1 N–H and O–H groups in total. The van der Waals surface area contributed by atoms with Gasteiger partial charge in [0.05, 0.1) is 0 Å². The number of carbonyl (C=O) groups excluding carboxylic acids is 1. The van der Waals surface area contributed by atoms with Gasteiger partial charge in [0.15, 0.2) is 0 Å². The Hall–Kier alpha value is -2.14. The van der Waals surface area contributed by atoms with E-state index in [4.69, 9.17) is 4.74 Å². The van der Waals surface area contributed by atoms with Crippen molar-refractivity contribution in [2.24, 2.45) is 0 Å². The maximum atomic E-state index is 12.1. The molecule has 0 aliphatic carbocycles. The molecule has 120 valence electrons. The van der Waals surface area contributed by atoms with Crippen molar-refractivity contribution in [2.45, 2.75) is 6.92 Å². The minimum atomic E-state index is -0.0301. The van der Waals surface area contributed by atoms with Crippen molar-refractivity contribution in [2.75, 3.05) is 29.9 Å². The van der Waals surface area contributed by atoms with Crippen LogP contribution in [-0.4, -0.2) is 35.5 Å². The molecule has 1 heterocycles. The van der Waals surface area contributed by atoms with E-state index < -0.39 is 0 Å². The van der Waals surface area contributed by atoms with Gasteiger partial charge < -0.3 is 15.0 Å². The summed E-state index contributed by atoms with van der Waals surface area (Å²) in [6.07, 6.45) is 0. The highest BCUT2D eigenvalue weighted by Crippen LogP contribution is 2.23. The molecule has 2 aromatic rings. The van der Waals surface area contributed by atoms with E-state index in [9.17, 15) is 4.79 Å². The lowest BCUT2D eigenvalue weighted by molar-refractivity contribution is 0.217. The Morgan fingerprint density at radius 3 is 2.17 bits per heavy atom. The van der Waals surface area contributed by atoms with Crippen molar-refractivity contribution in [1.29, 1.82) is 0 Å². The van der Waals surface area contributed by atoms with Crippen molar-refractivity contribution >= 4 is 23.5 Å². The van der Waals surface area contributed by atoms with Gasteiger partial charge in [0.2, 0.25) is 0 Å². The molecule has 4 nitrogen and oxygen atoms in total. The van der Waals surface area contributed by atoms with Crippen LogP contribution in [0, 0.1) is 6.92 Å². The Morgan fingerprint density at radius 1 is 1.00 bits per heavy atom. The highest BCUT2D eigenvalue weighted by atomic mass is 32.2. The molecule has 0 aromatic heterocycles. The normalized spacial score (nSPS) is 14.4. The average molecular weight is 328 g/mol. The van der Waals surface area contributed by atoms with Gasteiger partial charge in [-0.1, -0.05) is 17.7 Å². The summed E-state index contributed by atoms with van der Waals surface area (Å²) in [5.41, 5.74) is 1.98. The lowest BCUT2D eigenvalue weighted by atomic mass is 10.2. The van der Waals surface area contributed by atoms with Gasteiger partial charge in [-0.3, -0.25) is 0 Å². The van der Waals surface area contributed by atoms with Crippen molar-refractivity contribution < 1.29 is 9.53 Å². The number of aryl methyl sites for hydroxylation is 1. The number of thioether (sulfide) groups is 1. The molecule has 2 amide bonds. The predicted octanol–water partition coefficient (Wildman–Crippen LogP) is 4.37. The Morgan fingerprint density at radius 2 is 1.57 bits per heavy atom. The van der Waals surface area contributed by atoms with Crippen molar-refractivity contribution in [3.8, 4) is 11.5 Å². The maximum absolute atomic E-state index is 12.1. The minimum Gasteiger partial charge on any atom is -0.457 e. The van der Waals surface area contributed by atoms with E-state index in [2.05, 4.69) is 5.32 Å². The fourth-order valence-corrected chi connectivity index (χ4v) is 3.22. The number of nitrogens with one attached hydrogen (secondary N) is 1. The standard InChI is InChI=1S/C18H20N2O2S/c1-14-2-6-16(7-3-14)22-17-8-4-15(5-9-17)19-18(21)20-10-12-23-13-11-20/h2-9H,10-13H2,1H3,(H,19,21). The number of carbonyl (C=O) groups is 1. The van der Waals surface area contributed by atoms with Crippen LogP contribution in [0.4, 0.5) is 10.5 Å². The van der Waals surface area contributed by atoms with Crippen LogP contribution in [0.15, 0.2) is 48.5 Å². The first kappa shape index (κ1) is 15.7. The van der Waals surface area contributed by atoms with E-state index in [1.165, 1.54) is 5.56 Å². The molecule has 0 bridgehead atoms. The van der Waals surface area contributed by atoms with E-state index in [-0.39, 0.29) is 6.03 Å². The quantitative estimate of drug-likeness (QED) is 0.910. The highest BCUT2D eigenvalue weighted by molar-refractivity contribution is 7.99. The molecular formula is C18H20N2O2S. The second-order valence-electron chi connectivity index (χ2n) is 5.47. The minimum absolute atomic E-state index is 0.0301. The Labute approximate surface area is 140 Å². The zero-order valence-corrected chi connectivity index (χ0v) is 13.9. The maximum Gasteiger partial charge on any atom is 0.321 e. The van der Waals surface area contributed by atoms with Crippen LogP contribution in [0.2, 0.25) is 0 Å². The molecule has 1 aliphatic rings. The predicted molar refractivity (Wildman–Crippen MR) is 95.6 cm³/mol. The van der Waals surface area contributed by atoms with Crippen LogP contribution < -0.4 is 10.1 Å². The molecule has 5 heteroatoms. The number of benzene rings is 2. The molecule has 0 radical (unpaired) electrons. The number of urea groups is 1. The Bertz CT molecular complexity index is 650. The van der Waals surface area contributed by atoms with Crippen LogP contribution >= 0.6 is 11.8 Å². The van der Waals surface area contributed by atoms with Gasteiger partial charge >= 0.3 is 6.03 Å². The smallest absolute Gasteiger partial charge is 0.321 e. The average Bonchev–Trinajstić information content (AvgIpc) is 2.59. The van der Waals surface area contributed by atoms with Crippen LogP contribution in [0.25, 0.3) is 0 Å². The summed E-state index contributed by atoms with van der Waals surface area (Å²) >= 11 is 1.89. The van der Waals surface area contributed by atoms with Crippen molar-refractivity contribution in [3.63, 3.8) is 0 Å². The zero-order valence-electron chi connectivity index (χ0n) is 13.1. The second-order valence-corrected chi connectivity index (χ2v) is 6.69. The van der Waals surface area contributed by atoms with Gasteiger partial charge in [0.1, 0.15) is 11.5 Å². The van der Waals surface area contributed by atoms with Crippen LogP contribution in [0.1, 0.15) is 5.56 Å². The van der Waals surface area contributed by atoms with E-state index in [1.807, 2.05) is 72.1 Å². The summed E-state index contributed by atoms with van der Waals surface area (Å²) < 4.78 is 5.78. The summed E-state index contributed by atoms with van der Waals surface area (Å²) in [4.78, 5) is 14.0. The number of nitrogens with zero attached hydrogens (tertiary/aromatic N) is 1. The topological polar surface area (TPSA) is 41.6 Å². The summed E-state index contributed by atoms with van der Waals surface area (Å²) in [6, 6.07) is 15.3. The third-order valence-electron chi connectivity index (χ3n) is 3.66. The number of rotatable bonds is 3. The molecule has 0 unspecified atom stereocenters. The summed E-state index contributed by atoms with van der Waals surface area (Å²) in [5.74, 6) is 3.58. The van der Waals surface area contributed by atoms with Crippen LogP contribution in [0.5, 0.6) is 11.5 Å². The van der Waals surface area contributed by atoms with E-state index in [0.29, 0.717) is 0 Å². The van der Waals surface area contributed by atoms with E-state index >= 15 is 0 Å². The van der Waals surface area contributed by atoms with Crippen molar-refractivity contribution in [3.05, 3.63) is 54.1 Å². The third-order valence-corrected chi connectivity index (χ3v) is 4.60. The molecule has 23 heavy (non-hydrogen) atoms. The van der Waals surface area contributed by atoms with E-state index in [0.717, 1.165) is 41.8 Å². The molecule has 1 fully saturated rings. The van der Waals surface area contributed by atoms with Crippen LogP contribution in [-0.2, 0) is 0 Å². The molecule has 1 aliphatic heterocycles. The number of hydrogen-bond acceptors (Lipinski definition) is 3. The first-order valence-electron chi connectivity index (χ1n) is 7.69. The van der Waals surface area contributed by atoms with Gasteiger partial charge in [-0.05, 0) is 43.3 Å². The number of amides is 2. The summed E-state index contributed by atoms with van der Waals surface area (Å²) in [5, 5.41) is 2.93. The fraction of sp³-hybridized carbons (Fsp3) is 0.278. The monoisotopic (exact) mass is 328 g/mol. The molecule has 0 saturated carbocycles. The van der Waals surface area contributed by atoms with Crippen LogP contribution in [0.3, 0.4) is 0 Å². The van der Waals surface area contributed by atoms with Gasteiger partial charge in [0, 0.05) is 30.3 Å². The van der Waals surface area contributed by atoms with Gasteiger partial charge in [-0.2, -0.15) is 11.8 Å². The molecule has 3 rings (SSSR count). The fourth-order valence-electron chi connectivity index (χ4n) is 2.32. The molecule has 0 spiro atoms. The molecular weight excluding hydrogens is 308 g/mol. The Kier molecular flexibility index (Phi) is 5.08. The molecule has 0 atom stereocenters. The second kappa shape index (κ2) is 7.42. The van der Waals surface area contributed by atoms with Crippen molar-refractivity contribution in [1.82, 2.24) is 4.90 Å². The molecule has 1 saturated heterocycles. The lowest BCUT2D eigenvalue weighted by Crippen LogP contribution is -2.40. The first-order valence-corrected chi connectivity index (χ1v) is 8.84. The first-order chi connectivity index (χ1) is 11.2. The van der Waals surface area contributed by atoms with Gasteiger partial charge in [-0.15, -0.1) is 0 Å². The number of ether oxygens (including phenoxy) is 1. The Balaban J connectivity index is 1.58. The largest absolute Gasteiger partial charge is 0.457 e. The summed E-state index contributed by atoms with van der Waals surface area (Å²) in [6.45, 7) is 3.67. The number of hydrogen-bond donors (Lipinski definition) is 1. The SMILES string of the molecule is Cc1ccc(Oc2ccc(NC(=O)N3CCSCC3)cc2)cc1. The molecule has 2 aromatic carbocycles. The van der Waals surface area contributed by atoms with Gasteiger partial charge in [-0.25, -0.2) is 4.79 Å². The van der Waals surface area contributed by atoms with E-state index in [1.54, 1.807) is 0 Å². The summed E-state index contributed by atoms with van der Waals surface area (Å²) in [7, 11) is 0. The third kappa shape index (κ3) is 4.42. The lowest BCUT2D eigenvalue weighted by Gasteiger charge is -2.26. The highest BCUT2D eigenvalue weighted by Gasteiger charge is 2.16. The number of anilines is 1.